The maximum absolute atomic E-state index is 12.5. The Balaban J connectivity index is 2.71. The highest BCUT2D eigenvalue weighted by Gasteiger charge is 2.50. The predicted octanol–water partition coefficient (Wildman–Crippen LogP) is 1.80. The van der Waals surface area contributed by atoms with Gasteiger partial charge in [0.1, 0.15) is 0 Å². The van der Waals surface area contributed by atoms with Crippen molar-refractivity contribution in [2.45, 2.75) is 38.2 Å². The number of hydrogen-bond donors (Lipinski definition) is 1. The van der Waals surface area contributed by atoms with Crippen molar-refractivity contribution in [3.63, 3.8) is 0 Å². The second-order valence-corrected chi connectivity index (χ2v) is 3.50. The Morgan fingerprint density at radius 2 is 2.00 bits per heavy atom. The molecule has 1 N–H and O–H groups in total. The van der Waals surface area contributed by atoms with Gasteiger partial charge >= 0.3 is 0 Å². The molecule has 1 rings (SSSR count). The molecule has 1 fully saturated rings. The Kier molecular flexibility index (Phi) is 1.51. The smallest absolute Gasteiger partial charge is 0.251 e. The van der Waals surface area contributed by atoms with Crippen LogP contribution in [0.4, 0.5) is 8.78 Å². The van der Waals surface area contributed by atoms with Crippen molar-refractivity contribution in [1.82, 2.24) is 0 Å². The number of aliphatic hydroxyl groups is 1. The second-order valence-electron chi connectivity index (χ2n) is 3.50. The lowest BCUT2D eigenvalue weighted by Gasteiger charge is -2.20. The van der Waals surface area contributed by atoms with Crippen LogP contribution in [0.1, 0.15) is 26.7 Å². The van der Waals surface area contributed by atoms with E-state index in [1.165, 1.54) is 6.92 Å². The van der Waals surface area contributed by atoms with Gasteiger partial charge in [-0.1, -0.05) is 6.92 Å². The van der Waals surface area contributed by atoms with Crippen molar-refractivity contribution in [3.05, 3.63) is 0 Å². The summed E-state index contributed by atoms with van der Waals surface area (Å²) in [5.74, 6) is -2.94. The molecule has 3 heteroatoms. The molecule has 0 bridgehead atoms. The van der Waals surface area contributed by atoms with Crippen molar-refractivity contribution >= 4 is 0 Å². The zero-order valence-corrected chi connectivity index (χ0v) is 6.19. The highest BCUT2D eigenvalue weighted by atomic mass is 19.3. The van der Waals surface area contributed by atoms with Gasteiger partial charge in [0.05, 0.1) is 5.60 Å². The maximum Gasteiger partial charge on any atom is 0.251 e. The number of alkyl halides is 2. The van der Waals surface area contributed by atoms with E-state index in [1.807, 2.05) is 0 Å². The molecule has 0 aromatic carbocycles. The Morgan fingerprint density at radius 3 is 2.10 bits per heavy atom. The topological polar surface area (TPSA) is 20.2 Å². The molecule has 0 heterocycles. The number of hydrogen-bond acceptors (Lipinski definition) is 1. The monoisotopic (exact) mass is 150 g/mol. The Bertz CT molecular complexity index is 143. The molecule has 0 aliphatic heterocycles. The summed E-state index contributed by atoms with van der Waals surface area (Å²) >= 11 is 0. The fourth-order valence-electron chi connectivity index (χ4n) is 1.44. The second kappa shape index (κ2) is 1.91. The lowest BCUT2D eigenvalue weighted by molar-refractivity contribution is -0.0288. The van der Waals surface area contributed by atoms with Crippen LogP contribution in [-0.4, -0.2) is 16.6 Å². The van der Waals surface area contributed by atoms with Crippen LogP contribution in [0.2, 0.25) is 0 Å². The summed E-state index contributed by atoms with van der Waals surface area (Å²) < 4.78 is 25.1. The molecule has 2 atom stereocenters. The van der Waals surface area contributed by atoms with Crippen LogP contribution in [0, 0.1) is 5.92 Å². The van der Waals surface area contributed by atoms with E-state index in [4.69, 9.17) is 0 Å². The Morgan fingerprint density at radius 1 is 1.50 bits per heavy atom. The third-order valence-corrected chi connectivity index (χ3v) is 2.28. The fraction of sp³-hybridized carbons (Fsp3) is 1.00. The van der Waals surface area contributed by atoms with E-state index < -0.39 is 11.5 Å². The first kappa shape index (κ1) is 7.92. The van der Waals surface area contributed by atoms with Crippen LogP contribution in [0.25, 0.3) is 0 Å². The molecule has 60 valence electrons. The first-order chi connectivity index (χ1) is 4.33. The van der Waals surface area contributed by atoms with Crippen molar-refractivity contribution in [1.29, 1.82) is 0 Å². The van der Waals surface area contributed by atoms with Crippen LogP contribution in [0.3, 0.4) is 0 Å². The number of halogens is 2. The van der Waals surface area contributed by atoms with Crippen molar-refractivity contribution < 1.29 is 13.9 Å². The van der Waals surface area contributed by atoms with E-state index >= 15 is 0 Å². The molecular formula is C7H12F2O. The van der Waals surface area contributed by atoms with Crippen molar-refractivity contribution in [2.24, 2.45) is 5.92 Å². The molecule has 0 spiro atoms. The first-order valence-corrected chi connectivity index (χ1v) is 3.44. The summed E-state index contributed by atoms with van der Waals surface area (Å²) in [6, 6.07) is 0. The minimum atomic E-state index is -2.65. The molecule has 1 nitrogen and oxygen atoms in total. The SMILES string of the molecule is CC1CC(F)(F)CC1(C)O. The zero-order valence-electron chi connectivity index (χ0n) is 6.19. The van der Waals surface area contributed by atoms with E-state index in [2.05, 4.69) is 0 Å². The summed E-state index contributed by atoms with van der Waals surface area (Å²) in [5.41, 5.74) is -1.16. The first-order valence-electron chi connectivity index (χ1n) is 3.44. The molecule has 0 saturated heterocycles. The van der Waals surface area contributed by atoms with Gasteiger partial charge < -0.3 is 5.11 Å². The standard InChI is InChI=1S/C7H12F2O/c1-5-3-7(8,9)4-6(5,2)10/h5,10H,3-4H2,1-2H3. The molecule has 0 amide bonds. The highest BCUT2D eigenvalue weighted by molar-refractivity contribution is 4.95. The third-order valence-electron chi connectivity index (χ3n) is 2.28. The van der Waals surface area contributed by atoms with Gasteiger partial charge in [-0.3, -0.25) is 0 Å². The van der Waals surface area contributed by atoms with Crippen molar-refractivity contribution in [2.75, 3.05) is 0 Å². The normalized spacial score (nSPS) is 45.9. The van der Waals surface area contributed by atoms with Gasteiger partial charge in [-0.15, -0.1) is 0 Å². The van der Waals surface area contributed by atoms with Crippen LogP contribution < -0.4 is 0 Å². The van der Waals surface area contributed by atoms with Gasteiger partial charge in [-0.05, 0) is 12.8 Å². The maximum atomic E-state index is 12.5. The van der Waals surface area contributed by atoms with Crippen LogP contribution in [0.15, 0.2) is 0 Å². The van der Waals surface area contributed by atoms with E-state index in [0.717, 1.165) is 0 Å². The van der Waals surface area contributed by atoms with Crippen LogP contribution in [0.5, 0.6) is 0 Å². The van der Waals surface area contributed by atoms with Crippen LogP contribution >= 0.6 is 0 Å². The lowest BCUT2D eigenvalue weighted by Crippen LogP contribution is -2.27. The molecule has 0 aromatic heterocycles. The van der Waals surface area contributed by atoms with Crippen LogP contribution in [-0.2, 0) is 0 Å². The van der Waals surface area contributed by atoms with Gasteiger partial charge in [-0.25, -0.2) is 8.78 Å². The van der Waals surface area contributed by atoms with Gasteiger partial charge in [0.25, 0.3) is 5.92 Å². The average molecular weight is 150 g/mol. The van der Waals surface area contributed by atoms with Gasteiger partial charge in [0, 0.05) is 12.8 Å². The highest BCUT2D eigenvalue weighted by Crippen LogP contribution is 2.44. The van der Waals surface area contributed by atoms with E-state index in [-0.39, 0.29) is 18.8 Å². The summed E-state index contributed by atoms with van der Waals surface area (Å²) in [6.07, 6.45) is -0.568. The van der Waals surface area contributed by atoms with E-state index in [0.29, 0.717) is 0 Å². The van der Waals surface area contributed by atoms with Gasteiger partial charge in [0.15, 0.2) is 0 Å². The molecule has 1 aliphatic rings. The van der Waals surface area contributed by atoms with Gasteiger partial charge in [-0.2, -0.15) is 0 Å². The fourth-order valence-corrected chi connectivity index (χ4v) is 1.44. The third kappa shape index (κ3) is 1.29. The molecule has 0 radical (unpaired) electrons. The lowest BCUT2D eigenvalue weighted by atomic mass is 9.95. The largest absolute Gasteiger partial charge is 0.390 e. The molecule has 2 unspecified atom stereocenters. The minimum absolute atomic E-state index is 0.181. The summed E-state index contributed by atoms with van der Waals surface area (Å²) in [6.45, 7) is 3.12. The molecular weight excluding hydrogens is 138 g/mol. The van der Waals surface area contributed by atoms with E-state index in [1.54, 1.807) is 6.92 Å². The molecule has 10 heavy (non-hydrogen) atoms. The predicted molar refractivity (Wildman–Crippen MR) is 34.0 cm³/mol. The van der Waals surface area contributed by atoms with Gasteiger partial charge in [0.2, 0.25) is 0 Å². The Hall–Kier alpha value is -0.180. The molecule has 0 aromatic rings. The zero-order chi connectivity index (χ0) is 7.99. The van der Waals surface area contributed by atoms with Crippen molar-refractivity contribution in [3.8, 4) is 0 Å². The minimum Gasteiger partial charge on any atom is -0.390 e. The van der Waals surface area contributed by atoms with E-state index in [9.17, 15) is 13.9 Å². The Labute approximate surface area is 59.0 Å². The average Bonchev–Trinajstić information content (AvgIpc) is 1.73. The summed E-state index contributed by atoms with van der Waals surface area (Å²) in [7, 11) is 0. The number of rotatable bonds is 0. The molecule has 1 aliphatic carbocycles. The quantitative estimate of drug-likeness (QED) is 0.558. The summed E-state index contributed by atoms with van der Waals surface area (Å²) in [5, 5.41) is 9.32. The molecule has 1 saturated carbocycles. The summed E-state index contributed by atoms with van der Waals surface area (Å²) in [4.78, 5) is 0.